The number of anilines is 2. The maximum Gasteiger partial charge on any atom is 0.126 e. The third-order valence-corrected chi connectivity index (χ3v) is 6.67. The van der Waals surface area contributed by atoms with E-state index in [2.05, 4.69) is 85.1 Å². The summed E-state index contributed by atoms with van der Waals surface area (Å²) in [6, 6.07) is 16.2. The molecular weight excluding hydrogens is 394 g/mol. The second-order valence-electron chi connectivity index (χ2n) is 9.25. The van der Waals surface area contributed by atoms with Crippen LogP contribution in [0.3, 0.4) is 0 Å². The third-order valence-electron chi connectivity index (χ3n) is 6.67. The predicted molar refractivity (Wildman–Crippen MR) is 138 cm³/mol. The van der Waals surface area contributed by atoms with Crippen molar-refractivity contribution in [2.24, 2.45) is 0 Å². The molecule has 0 amide bonds. The van der Waals surface area contributed by atoms with Gasteiger partial charge in [0.05, 0.1) is 13.2 Å². The van der Waals surface area contributed by atoms with Crippen LogP contribution < -0.4 is 14.5 Å². The van der Waals surface area contributed by atoms with Crippen LogP contribution >= 0.6 is 0 Å². The highest BCUT2D eigenvalue weighted by Crippen LogP contribution is 2.39. The van der Waals surface area contributed by atoms with Gasteiger partial charge in [-0.05, 0) is 62.5 Å². The summed E-state index contributed by atoms with van der Waals surface area (Å²) in [5.74, 6) is 1.01. The Morgan fingerprint density at radius 2 is 1.47 bits per heavy atom. The molecule has 4 nitrogen and oxygen atoms in total. The average Bonchev–Trinajstić information content (AvgIpc) is 3.34. The topological polar surface area (TPSA) is 19.0 Å². The van der Waals surface area contributed by atoms with Gasteiger partial charge in [-0.3, -0.25) is 4.90 Å². The van der Waals surface area contributed by atoms with Crippen LogP contribution in [-0.4, -0.2) is 52.3 Å². The third kappa shape index (κ3) is 5.98. The zero-order valence-corrected chi connectivity index (χ0v) is 20.9. The van der Waals surface area contributed by atoms with Gasteiger partial charge in [0.15, 0.2) is 0 Å². The van der Waals surface area contributed by atoms with E-state index in [1.807, 2.05) is 7.11 Å². The van der Waals surface area contributed by atoms with Crippen LogP contribution in [0.1, 0.15) is 69.5 Å². The lowest BCUT2D eigenvalue weighted by Crippen LogP contribution is -2.28. The molecule has 0 bridgehead atoms. The summed E-state index contributed by atoms with van der Waals surface area (Å²) in [4.78, 5) is 7.31. The first-order valence-corrected chi connectivity index (χ1v) is 12.5. The van der Waals surface area contributed by atoms with Gasteiger partial charge in [0.2, 0.25) is 0 Å². The maximum atomic E-state index is 6.01. The number of unbranched alkanes of at least 4 members (excludes halogenated alkanes) is 2. The maximum absolute atomic E-state index is 6.01. The molecule has 0 N–H and O–H groups in total. The lowest BCUT2D eigenvalue weighted by atomic mass is 9.95. The second kappa shape index (κ2) is 12.2. The summed E-state index contributed by atoms with van der Waals surface area (Å²) in [5.41, 5.74) is 5.15. The van der Waals surface area contributed by atoms with Gasteiger partial charge in [0, 0.05) is 50.2 Å². The van der Waals surface area contributed by atoms with Crippen molar-refractivity contribution < 1.29 is 4.74 Å². The van der Waals surface area contributed by atoms with E-state index < -0.39 is 0 Å². The molecule has 0 aliphatic carbocycles. The number of likely N-dealkylation sites (tertiary alicyclic amines) is 1. The largest absolute Gasteiger partial charge is 0.496 e. The van der Waals surface area contributed by atoms with Crippen LogP contribution in [0, 0.1) is 0 Å². The molecule has 0 saturated carbocycles. The second-order valence-corrected chi connectivity index (χ2v) is 9.25. The van der Waals surface area contributed by atoms with Crippen molar-refractivity contribution in [1.82, 2.24) is 4.90 Å². The van der Waals surface area contributed by atoms with Crippen molar-refractivity contribution in [3.05, 3.63) is 53.6 Å². The summed E-state index contributed by atoms with van der Waals surface area (Å²) in [6.07, 6.45) is 7.43. The molecule has 1 unspecified atom stereocenters. The lowest BCUT2D eigenvalue weighted by molar-refractivity contribution is 0.273. The molecule has 0 aromatic heterocycles. The van der Waals surface area contributed by atoms with E-state index in [0.717, 1.165) is 31.9 Å². The first-order chi connectivity index (χ1) is 15.6. The summed E-state index contributed by atoms with van der Waals surface area (Å²) in [6.45, 7) is 9.04. The summed E-state index contributed by atoms with van der Waals surface area (Å²) < 4.78 is 6.01. The molecule has 1 atom stereocenters. The van der Waals surface area contributed by atoms with E-state index in [1.54, 1.807) is 0 Å². The first kappa shape index (κ1) is 24.4. The quantitative estimate of drug-likeness (QED) is 0.385. The van der Waals surface area contributed by atoms with Gasteiger partial charge >= 0.3 is 0 Å². The molecule has 1 aliphatic rings. The molecule has 1 fully saturated rings. The Kier molecular flexibility index (Phi) is 9.28. The summed E-state index contributed by atoms with van der Waals surface area (Å²) >= 11 is 0. The number of methoxy groups -OCH3 is 1. The van der Waals surface area contributed by atoms with Crippen LogP contribution in [-0.2, 0) is 0 Å². The first-order valence-electron chi connectivity index (χ1n) is 12.5. The zero-order chi connectivity index (χ0) is 22.9. The minimum Gasteiger partial charge on any atom is -0.496 e. The Morgan fingerprint density at radius 3 is 2.00 bits per heavy atom. The Bertz CT molecular complexity index is 804. The van der Waals surface area contributed by atoms with E-state index >= 15 is 0 Å². The van der Waals surface area contributed by atoms with E-state index in [9.17, 15) is 0 Å². The van der Waals surface area contributed by atoms with Crippen molar-refractivity contribution in [3.63, 3.8) is 0 Å². The minimum atomic E-state index is 0.234. The average molecular weight is 438 g/mol. The van der Waals surface area contributed by atoms with Crippen LogP contribution in [0.25, 0.3) is 0 Å². The minimum absolute atomic E-state index is 0.234. The number of hydrogen-bond acceptors (Lipinski definition) is 4. The van der Waals surface area contributed by atoms with Crippen molar-refractivity contribution in [1.29, 1.82) is 0 Å². The fourth-order valence-electron chi connectivity index (χ4n) is 4.73. The fraction of sp³-hybridized carbons (Fsp3) is 0.571. The van der Waals surface area contributed by atoms with Gasteiger partial charge in [-0.25, -0.2) is 0 Å². The SMILES string of the molecule is CCCCN(CCCC)c1ccc(C(c2ccc(N(C)C)cc2)N2CCCC2)c(OC)c1. The Labute approximate surface area is 196 Å². The van der Waals surface area contributed by atoms with Crippen molar-refractivity contribution in [2.75, 3.05) is 57.2 Å². The molecule has 1 saturated heterocycles. The lowest BCUT2D eigenvalue weighted by Gasteiger charge is -2.31. The van der Waals surface area contributed by atoms with Crippen molar-refractivity contribution >= 4 is 11.4 Å². The van der Waals surface area contributed by atoms with Crippen LogP contribution in [0.15, 0.2) is 42.5 Å². The zero-order valence-electron chi connectivity index (χ0n) is 20.9. The molecular formula is C28H43N3O. The highest BCUT2D eigenvalue weighted by molar-refractivity contribution is 5.56. The molecule has 2 aromatic carbocycles. The van der Waals surface area contributed by atoms with Crippen molar-refractivity contribution in [3.8, 4) is 5.75 Å². The molecule has 2 aromatic rings. The standard InChI is InChI=1S/C28H43N3O/c1-6-8-18-30(19-9-7-2)25-16-17-26(27(22-25)32-5)28(31-20-10-11-21-31)23-12-14-24(15-13-23)29(3)4/h12-17,22,28H,6-11,18-21H2,1-5H3. The van der Waals surface area contributed by atoms with Crippen LogP contribution in [0.2, 0.25) is 0 Å². The van der Waals surface area contributed by atoms with Gasteiger partial charge in [-0.1, -0.05) is 44.9 Å². The van der Waals surface area contributed by atoms with Crippen LogP contribution in [0.5, 0.6) is 5.75 Å². The fourth-order valence-corrected chi connectivity index (χ4v) is 4.73. The monoisotopic (exact) mass is 437 g/mol. The Morgan fingerprint density at radius 1 is 0.875 bits per heavy atom. The number of hydrogen-bond donors (Lipinski definition) is 0. The van der Waals surface area contributed by atoms with E-state index in [0.29, 0.717) is 0 Å². The number of nitrogens with zero attached hydrogens (tertiary/aromatic N) is 3. The number of ether oxygens (including phenoxy) is 1. The Hall–Kier alpha value is -2.20. The van der Waals surface area contributed by atoms with Gasteiger partial charge in [-0.15, -0.1) is 0 Å². The molecule has 32 heavy (non-hydrogen) atoms. The van der Waals surface area contributed by atoms with Gasteiger partial charge < -0.3 is 14.5 Å². The normalized spacial score (nSPS) is 15.0. The highest BCUT2D eigenvalue weighted by atomic mass is 16.5. The van der Waals surface area contributed by atoms with Crippen molar-refractivity contribution in [2.45, 2.75) is 58.4 Å². The summed E-state index contributed by atoms with van der Waals surface area (Å²) in [7, 11) is 6.01. The summed E-state index contributed by atoms with van der Waals surface area (Å²) in [5, 5.41) is 0. The van der Waals surface area contributed by atoms with E-state index in [4.69, 9.17) is 4.74 Å². The van der Waals surface area contributed by atoms with Gasteiger partial charge in [-0.2, -0.15) is 0 Å². The molecule has 0 spiro atoms. The molecule has 1 heterocycles. The van der Waals surface area contributed by atoms with E-state index in [1.165, 1.54) is 61.0 Å². The van der Waals surface area contributed by atoms with Gasteiger partial charge in [0.25, 0.3) is 0 Å². The molecule has 176 valence electrons. The highest BCUT2D eigenvalue weighted by Gasteiger charge is 2.28. The number of benzene rings is 2. The van der Waals surface area contributed by atoms with Gasteiger partial charge in [0.1, 0.15) is 5.75 Å². The molecule has 0 radical (unpaired) electrons. The smallest absolute Gasteiger partial charge is 0.126 e. The number of rotatable bonds is 12. The molecule has 3 rings (SSSR count). The predicted octanol–water partition coefficient (Wildman–Crippen LogP) is 6.35. The van der Waals surface area contributed by atoms with Crippen LogP contribution in [0.4, 0.5) is 11.4 Å². The molecule has 4 heteroatoms. The molecule has 1 aliphatic heterocycles. The van der Waals surface area contributed by atoms with E-state index in [-0.39, 0.29) is 6.04 Å². The Balaban J connectivity index is 1.96.